The van der Waals surface area contributed by atoms with Crippen molar-refractivity contribution < 1.29 is 18.4 Å². The number of anilines is 1. The standard InChI is InChI=1S/C32H43ClF2N4O2/c1-7-29(36-21(3)40)25-16-20(2)27(33)18-30(25)37-12-14-38(15-13-37)31(41)24-10-11-39(32(4,5)6)19-26(24)23-9-8-22(34)17-28(23)35/h8-9,16-18,24,26,29H,7,10-15,19H2,1-6H3,(H,36,40)/t24-,26+,29?/m1/s1. The number of amides is 2. The summed E-state index contributed by atoms with van der Waals surface area (Å²) in [4.78, 5) is 32.3. The predicted molar refractivity (Wildman–Crippen MR) is 160 cm³/mol. The van der Waals surface area contributed by atoms with Crippen LogP contribution in [0.2, 0.25) is 5.02 Å². The first kappa shape index (κ1) is 31.2. The summed E-state index contributed by atoms with van der Waals surface area (Å²) >= 11 is 6.54. The molecule has 2 aromatic rings. The van der Waals surface area contributed by atoms with Gasteiger partial charge in [0, 0.05) is 73.8 Å². The number of carbonyl (C=O) groups excluding carboxylic acids is 2. The van der Waals surface area contributed by atoms with Gasteiger partial charge >= 0.3 is 0 Å². The van der Waals surface area contributed by atoms with Gasteiger partial charge in [0.1, 0.15) is 11.6 Å². The van der Waals surface area contributed by atoms with Crippen LogP contribution in [0.15, 0.2) is 30.3 Å². The minimum Gasteiger partial charge on any atom is -0.368 e. The monoisotopic (exact) mass is 588 g/mol. The maximum Gasteiger partial charge on any atom is 0.226 e. The Kier molecular flexibility index (Phi) is 9.64. The van der Waals surface area contributed by atoms with Crippen LogP contribution < -0.4 is 10.2 Å². The highest BCUT2D eigenvalue weighted by molar-refractivity contribution is 6.31. The first-order valence-electron chi connectivity index (χ1n) is 14.6. The van der Waals surface area contributed by atoms with Crippen LogP contribution in [0.1, 0.15) is 76.1 Å². The van der Waals surface area contributed by atoms with E-state index in [1.54, 1.807) is 0 Å². The van der Waals surface area contributed by atoms with Gasteiger partial charge < -0.3 is 15.1 Å². The summed E-state index contributed by atoms with van der Waals surface area (Å²) in [5, 5.41) is 3.71. The highest BCUT2D eigenvalue weighted by Crippen LogP contribution is 2.39. The third-order valence-electron chi connectivity index (χ3n) is 8.64. The number of benzene rings is 2. The number of hydrogen-bond acceptors (Lipinski definition) is 4. The number of nitrogens with zero attached hydrogens (tertiary/aromatic N) is 3. The molecule has 2 fully saturated rings. The summed E-state index contributed by atoms with van der Waals surface area (Å²) < 4.78 is 28.8. The van der Waals surface area contributed by atoms with E-state index in [-0.39, 0.29) is 35.2 Å². The molecule has 4 rings (SSSR count). The molecule has 1 unspecified atom stereocenters. The Bertz CT molecular complexity index is 1270. The molecule has 6 nitrogen and oxygen atoms in total. The molecule has 2 saturated heterocycles. The fourth-order valence-corrected chi connectivity index (χ4v) is 6.43. The molecule has 0 aromatic heterocycles. The largest absolute Gasteiger partial charge is 0.368 e. The van der Waals surface area contributed by atoms with Gasteiger partial charge in [0.2, 0.25) is 11.8 Å². The maximum absolute atomic E-state index is 15.0. The Balaban J connectivity index is 1.54. The number of aryl methyl sites for hydroxylation is 1. The van der Waals surface area contributed by atoms with Crippen LogP contribution in [-0.2, 0) is 9.59 Å². The fourth-order valence-electron chi connectivity index (χ4n) is 6.27. The minimum absolute atomic E-state index is 0.0266. The van der Waals surface area contributed by atoms with Crippen LogP contribution in [0.4, 0.5) is 14.5 Å². The summed E-state index contributed by atoms with van der Waals surface area (Å²) in [6, 6.07) is 7.57. The van der Waals surface area contributed by atoms with Crippen LogP contribution >= 0.6 is 11.6 Å². The quantitative estimate of drug-likeness (QED) is 0.445. The predicted octanol–water partition coefficient (Wildman–Crippen LogP) is 6.07. The van der Waals surface area contributed by atoms with Gasteiger partial charge in [-0.05, 0) is 75.9 Å². The van der Waals surface area contributed by atoms with Crippen molar-refractivity contribution in [3.63, 3.8) is 0 Å². The summed E-state index contributed by atoms with van der Waals surface area (Å²) in [6.45, 7) is 15.4. The number of carbonyl (C=O) groups is 2. The van der Waals surface area contributed by atoms with Crippen LogP contribution in [-0.4, -0.2) is 66.4 Å². The zero-order valence-corrected chi connectivity index (χ0v) is 25.8. The van der Waals surface area contributed by atoms with E-state index in [1.165, 1.54) is 19.1 Å². The lowest BCUT2D eigenvalue weighted by molar-refractivity contribution is -0.138. The van der Waals surface area contributed by atoms with E-state index in [0.29, 0.717) is 49.7 Å². The van der Waals surface area contributed by atoms with Crippen molar-refractivity contribution in [3.8, 4) is 0 Å². The number of halogens is 3. The van der Waals surface area contributed by atoms with Gasteiger partial charge in [-0.25, -0.2) is 8.78 Å². The van der Waals surface area contributed by atoms with Crippen molar-refractivity contribution >= 4 is 29.1 Å². The number of piperidine rings is 1. The molecule has 2 aromatic carbocycles. The summed E-state index contributed by atoms with van der Waals surface area (Å²) in [5.74, 6) is -2.02. The average molecular weight is 589 g/mol. The van der Waals surface area contributed by atoms with Gasteiger partial charge in [0.25, 0.3) is 0 Å². The normalized spacial score (nSPS) is 21.1. The highest BCUT2D eigenvalue weighted by Gasteiger charge is 2.41. The number of piperazine rings is 1. The van der Waals surface area contributed by atoms with Gasteiger partial charge in [-0.3, -0.25) is 14.5 Å². The molecule has 2 heterocycles. The van der Waals surface area contributed by atoms with Crippen LogP contribution in [0, 0.1) is 24.5 Å². The molecule has 0 saturated carbocycles. The van der Waals surface area contributed by atoms with Crippen LogP contribution in [0.25, 0.3) is 0 Å². The third-order valence-corrected chi connectivity index (χ3v) is 9.05. The zero-order chi connectivity index (χ0) is 30.1. The smallest absolute Gasteiger partial charge is 0.226 e. The maximum atomic E-state index is 15.0. The van der Waals surface area contributed by atoms with Gasteiger partial charge in [-0.15, -0.1) is 0 Å². The lowest BCUT2D eigenvalue weighted by Crippen LogP contribution is -2.55. The molecular weight excluding hydrogens is 546 g/mol. The molecule has 2 aliphatic rings. The van der Waals surface area contributed by atoms with Crippen molar-refractivity contribution in [2.24, 2.45) is 5.92 Å². The van der Waals surface area contributed by atoms with E-state index in [0.717, 1.165) is 35.8 Å². The van der Waals surface area contributed by atoms with E-state index >= 15 is 4.39 Å². The molecule has 0 bridgehead atoms. The van der Waals surface area contributed by atoms with Crippen LogP contribution in [0.3, 0.4) is 0 Å². The molecule has 1 N–H and O–H groups in total. The molecular formula is C32H43ClF2N4O2. The van der Waals surface area contributed by atoms with Crippen molar-refractivity contribution in [1.82, 2.24) is 15.1 Å². The van der Waals surface area contributed by atoms with Crippen molar-refractivity contribution in [3.05, 3.63) is 63.7 Å². The number of nitrogens with one attached hydrogen (secondary N) is 1. The molecule has 224 valence electrons. The SMILES string of the molecule is CCC(NC(C)=O)c1cc(C)c(Cl)cc1N1CCN(C(=O)[C@@H]2CCN(C(C)(C)C)C[C@H]2c2ccc(F)cc2F)CC1. The van der Waals surface area contributed by atoms with Gasteiger partial charge in [0.05, 0.1) is 6.04 Å². The van der Waals surface area contributed by atoms with E-state index in [2.05, 4.69) is 35.9 Å². The van der Waals surface area contributed by atoms with E-state index < -0.39 is 11.6 Å². The Hall–Kier alpha value is -2.71. The van der Waals surface area contributed by atoms with E-state index in [1.807, 2.05) is 30.9 Å². The first-order valence-corrected chi connectivity index (χ1v) is 15.0. The average Bonchev–Trinajstić information content (AvgIpc) is 2.92. The highest BCUT2D eigenvalue weighted by atomic mass is 35.5. The van der Waals surface area contributed by atoms with E-state index in [9.17, 15) is 14.0 Å². The molecule has 0 radical (unpaired) electrons. The second-order valence-electron chi connectivity index (χ2n) is 12.4. The Morgan fingerprint density at radius 1 is 1.07 bits per heavy atom. The molecule has 3 atom stereocenters. The van der Waals surface area contributed by atoms with Crippen LogP contribution in [0.5, 0.6) is 0 Å². The second-order valence-corrected chi connectivity index (χ2v) is 12.8. The van der Waals surface area contributed by atoms with Crippen molar-refractivity contribution in [2.45, 2.75) is 71.9 Å². The van der Waals surface area contributed by atoms with Crippen molar-refractivity contribution in [2.75, 3.05) is 44.2 Å². The lowest BCUT2D eigenvalue weighted by Gasteiger charge is -2.46. The van der Waals surface area contributed by atoms with Gasteiger partial charge in [-0.2, -0.15) is 0 Å². The number of hydrogen-bond donors (Lipinski definition) is 1. The molecule has 41 heavy (non-hydrogen) atoms. The lowest BCUT2D eigenvalue weighted by atomic mass is 9.78. The summed E-state index contributed by atoms with van der Waals surface area (Å²) in [6.07, 6.45) is 1.35. The molecule has 0 aliphatic carbocycles. The number of rotatable bonds is 6. The Morgan fingerprint density at radius 3 is 2.34 bits per heavy atom. The molecule has 0 spiro atoms. The topological polar surface area (TPSA) is 55.9 Å². The zero-order valence-electron chi connectivity index (χ0n) is 25.1. The first-order chi connectivity index (χ1) is 19.3. The Morgan fingerprint density at radius 2 is 1.76 bits per heavy atom. The minimum atomic E-state index is -0.617. The summed E-state index contributed by atoms with van der Waals surface area (Å²) in [5.41, 5.74) is 3.21. The fraction of sp³-hybridized carbons (Fsp3) is 0.562. The molecule has 2 amide bonds. The summed E-state index contributed by atoms with van der Waals surface area (Å²) in [7, 11) is 0. The third kappa shape index (κ3) is 7.03. The Labute approximate surface area is 248 Å². The van der Waals surface area contributed by atoms with E-state index in [4.69, 9.17) is 11.6 Å². The second kappa shape index (κ2) is 12.7. The number of likely N-dealkylation sites (tertiary alicyclic amines) is 1. The molecule has 2 aliphatic heterocycles. The van der Waals surface area contributed by atoms with Gasteiger partial charge in [-0.1, -0.05) is 30.7 Å². The van der Waals surface area contributed by atoms with Crippen molar-refractivity contribution in [1.29, 1.82) is 0 Å². The van der Waals surface area contributed by atoms with Gasteiger partial charge in [0.15, 0.2) is 0 Å². The molecule has 9 heteroatoms.